The highest BCUT2D eigenvalue weighted by molar-refractivity contribution is 8.23. The summed E-state index contributed by atoms with van der Waals surface area (Å²) in [6.45, 7) is 5.43. The first-order valence-electron chi connectivity index (χ1n) is 9.75. The SMILES string of the molecule is CC(C)N1C(c2ccc(Cl)cc2)C(c2cccc(Cl)c2)CC(C)(CC(=O)O)S1(O)O. The molecule has 1 aliphatic rings. The van der Waals surface area contributed by atoms with E-state index in [0.717, 1.165) is 11.1 Å². The highest BCUT2D eigenvalue weighted by Crippen LogP contribution is 2.69. The summed E-state index contributed by atoms with van der Waals surface area (Å²) in [7, 11) is -3.43. The molecule has 0 radical (unpaired) electrons. The van der Waals surface area contributed by atoms with E-state index in [-0.39, 0.29) is 24.4 Å². The van der Waals surface area contributed by atoms with Crippen molar-refractivity contribution in [3.8, 4) is 0 Å². The van der Waals surface area contributed by atoms with Gasteiger partial charge >= 0.3 is 5.97 Å². The van der Waals surface area contributed by atoms with Crippen LogP contribution in [0.3, 0.4) is 0 Å². The molecule has 8 heteroatoms. The normalized spacial score (nSPS) is 27.7. The van der Waals surface area contributed by atoms with Gasteiger partial charge in [-0.15, -0.1) is 10.8 Å². The molecular weight excluding hydrogens is 445 g/mol. The van der Waals surface area contributed by atoms with E-state index in [4.69, 9.17) is 23.2 Å². The van der Waals surface area contributed by atoms with E-state index in [1.165, 1.54) is 0 Å². The zero-order chi connectivity index (χ0) is 22.3. The molecule has 1 saturated heterocycles. The number of halogens is 2. The predicted octanol–water partition coefficient (Wildman–Crippen LogP) is 6.83. The lowest BCUT2D eigenvalue weighted by atomic mass is 9.79. The number of carbonyl (C=O) groups is 1. The van der Waals surface area contributed by atoms with E-state index >= 15 is 0 Å². The number of rotatable bonds is 5. The number of benzene rings is 2. The topological polar surface area (TPSA) is 81.0 Å². The standard InChI is InChI=1S/C22H27Cl2NO4S/c1-14(2)25-21(15-7-9-17(23)10-8-15)19(16-5-4-6-18(24)11-16)12-22(3,13-20(26)27)30(25,28)29/h4-11,14,19,21,28-29H,12-13H2,1-3H3,(H,26,27). The van der Waals surface area contributed by atoms with Crippen molar-refractivity contribution in [2.75, 3.05) is 0 Å². The van der Waals surface area contributed by atoms with Crippen LogP contribution in [0.5, 0.6) is 0 Å². The van der Waals surface area contributed by atoms with Gasteiger partial charge in [0.1, 0.15) is 0 Å². The molecule has 0 aliphatic carbocycles. The average Bonchev–Trinajstić information content (AvgIpc) is 2.63. The first kappa shape index (κ1) is 23.4. The fourth-order valence-electron chi connectivity index (χ4n) is 4.46. The third-order valence-electron chi connectivity index (χ3n) is 5.78. The van der Waals surface area contributed by atoms with Crippen LogP contribution in [0.4, 0.5) is 0 Å². The summed E-state index contributed by atoms with van der Waals surface area (Å²) in [6.07, 6.45) is -0.0541. The highest BCUT2D eigenvalue weighted by atomic mass is 35.5. The minimum atomic E-state index is -3.43. The number of aliphatic carboxylic acids is 1. The van der Waals surface area contributed by atoms with Crippen LogP contribution in [-0.4, -0.2) is 35.3 Å². The van der Waals surface area contributed by atoms with Gasteiger partial charge in [-0.25, -0.2) is 0 Å². The van der Waals surface area contributed by atoms with Gasteiger partial charge in [-0.2, -0.15) is 4.31 Å². The molecule has 2 aromatic carbocycles. The lowest BCUT2D eigenvalue weighted by Gasteiger charge is -2.63. The maximum atomic E-state index is 11.7. The van der Waals surface area contributed by atoms with Crippen molar-refractivity contribution in [1.82, 2.24) is 4.31 Å². The van der Waals surface area contributed by atoms with Crippen molar-refractivity contribution in [1.29, 1.82) is 0 Å². The first-order chi connectivity index (χ1) is 14.0. The van der Waals surface area contributed by atoms with Crippen LogP contribution in [-0.2, 0) is 4.79 Å². The van der Waals surface area contributed by atoms with Crippen LogP contribution in [0.25, 0.3) is 0 Å². The predicted molar refractivity (Wildman–Crippen MR) is 123 cm³/mol. The van der Waals surface area contributed by atoms with Crippen molar-refractivity contribution in [3.63, 3.8) is 0 Å². The van der Waals surface area contributed by atoms with Gasteiger partial charge in [0, 0.05) is 22.0 Å². The molecule has 0 aromatic heterocycles. The van der Waals surface area contributed by atoms with Crippen molar-refractivity contribution >= 4 is 39.9 Å². The molecule has 5 nitrogen and oxygen atoms in total. The second-order valence-electron chi connectivity index (χ2n) is 8.35. The van der Waals surface area contributed by atoms with Crippen LogP contribution in [0, 0.1) is 0 Å². The van der Waals surface area contributed by atoms with E-state index in [1.54, 1.807) is 29.4 Å². The van der Waals surface area contributed by atoms with E-state index in [9.17, 15) is 19.0 Å². The minimum Gasteiger partial charge on any atom is -0.481 e. The van der Waals surface area contributed by atoms with Crippen LogP contribution < -0.4 is 0 Å². The minimum absolute atomic E-state index is 0.198. The zero-order valence-corrected chi connectivity index (χ0v) is 19.5. The molecular formula is C22H27Cl2NO4S. The summed E-state index contributed by atoms with van der Waals surface area (Å²) in [4.78, 5) is 11.7. The van der Waals surface area contributed by atoms with Gasteiger partial charge in [-0.05, 0) is 62.6 Å². The average molecular weight is 472 g/mol. The Balaban J connectivity index is 2.23. The number of hydrogen-bond acceptors (Lipinski definition) is 4. The summed E-state index contributed by atoms with van der Waals surface area (Å²) >= 11 is 12.4. The summed E-state index contributed by atoms with van der Waals surface area (Å²) < 4.78 is 23.3. The monoisotopic (exact) mass is 471 g/mol. The zero-order valence-electron chi connectivity index (χ0n) is 17.1. The van der Waals surface area contributed by atoms with E-state index in [0.29, 0.717) is 16.5 Å². The Kier molecular flexibility index (Phi) is 6.77. The second kappa shape index (κ2) is 8.69. The first-order valence-corrected chi connectivity index (χ1v) is 12.0. The summed E-state index contributed by atoms with van der Waals surface area (Å²) in [5.74, 6) is -1.26. The van der Waals surface area contributed by atoms with E-state index in [1.807, 2.05) is 44.2 Å². The molecule has 2 aromatic rings. The summed E-state index contributed by atoms with van der Waals surface area (Å²) in [6, 6.07) is 14.2. The van der Waals surface area contributed by atoms with Gasteiger partial charge in [0.05, 0.1) is 17.2 Å². The van der Waals surface area contributed by atoms with E-state index in [2.05, 4.69) is 0 Å². The molecule has 0 spiro atoms. The largest absolute Gasteiger partial charge is 0.481 e. The van der Waals surface area contributed by atoms with Crippen molar-refractivity contribution in [3.05, 3.63) is 69.7 Å². The van der Waals surface area contributed by atoms with Crippen LogP contribution in [0.1, 0.15) is 56.7 Å². The molecule has 0 saturated carbocycles. The molecule has 1 aliphatic heterocycles. The molecule has 164 valence electrons. The Bertz CT molecular complexity index is 922. The Labute approximate surface area is 189 Å². The molecule has 3 rings (SSSR count). The third-order valence-corrected chi connectivity index (χ3v) is 9.14. The van der Waals surface area contributed by atoms with Gasteiger partial charge in [-0.3, -0.25) is 13.9 Å². The van der Waals surface area contributed by atoms with Crippen molar-refractivity contribution < 1.29 is 19.0 Å². The number of carboxylic acid groups (broad SMARTS) is 1. The van der Waals surface area contributed by atoms with Crippen molar-refractivity contribution in [2.24, 2.45) is 0 Å². The quantitative estimate of drug-likeness (QED) is 0.444. The third kappa shape index (κ3) is 4.35. The molecule has 1 heterocycles. The highest BCUT2D eigenvalue weighted by Gasteiger charge is 2.55. The Hall–Kier alpha value is -1.28. The van der Waals surface area contributed by atoms with Gasteiger partial charge < -0.3 is 5.11 Å². The molecule has 0 bridgehead atoms. The van der Waals surface area contributed by atoms with E-state index < -0.39 is 21.5 Å². The molecule has 30 heavy (non-hydrogen) atoms. The van der Waals surface area contributed by atoms with Gasteiger partial charge in [0.2, 0.25) is 0 Å². The summed E-state index contributed by atoms with van der Waals surface area (Å²) in [5, 5.41) is 10.7. The Morgan fingerprint density at radius 3 is 2.30 bits per heavy atom. The molecule has 3 atom stereocenters. The lowest BCUT2D eigenvalue weighted by molar-refractivity contribution is -0.138. The molecule has 3 N–H and O–H groups in total. The number of hydrogen-bond donors (Lipinski definition) is 3. The fraction of sp³-hybridized carbons (Fsp3) is 0.409. The smallest absolute Gasteiger partial charge is 0.305 e. The molecule has 3 unspecified atom stereocenters. The number of nitrogens with zero attached hydrogens (tertiary/aromatic N) is 1. The Morgan fingerprint density at radius 2 is 1.77 bits per heavy atom. The molecule has 0 amide bonds. The lowest BCUT2D eigenvalue weighted by Crippen LogP contribution is -2.54. The maximum Gasteiger partial charge on any atom is 0.305 e. The van der Waals surface area contributed by atoms with Gasteiger partial charge in [-0.1, -0.05) is 47.5 Å². The molecule has 1 fully saturated rings. The number of carboxylic acids is 1. The van der Waals surface area contributed by atoms with Gasteiger partial charge in [0.15, 0.2) is 0 Å². The van der Waals surface area contributed by atoms with Crippen LogP contribution in [0.15, 0.2) is 48.5 Å². The van der Waals surface area contributed by atoms with Gasteiger partial charge in [0.25, 0.3) is 0 Å². The van der Waals surface area contributed by atoms with Crippen LogP contribution >= 0.6 is 34.0 Å². The fourth-order valence-corrected chi connectivity index (χ4v) is 7.19. The summed E-state index contributed by atoms with van der Waals surface area (Å²) in [5.41, 5.74) is 1.81. The van der Waals surface area contributed by atoms with Crippen LogP contribution in [0.2, 0.25) is 10.0 Å². The maximum absolute atomic E-state index is 11.7. The second-order valence-corrected chi connectivity index (χ2v) is 11.7. The Morgan fingerprint density at radius 1 is 1.13 bits per heavy atom. The van der Waals surface area contributed by atoms with Crippen molar-refractivity contribution in [2.45, 2.75) is 56.4 Å².